The van der Waals surface area contributed by atoms with E-state index in [0.717, 1.165) is 22.4 Å². The lowest BCUT2D eigenvalue weighted by molar-refractivity contribution is 0.631. The van der Waals surface area contributed by atoms with Crippen LogP contribution in [0, 0.1) is 6.92 Å². The number of benzene rings is 1. The van der Waals surface area contributed by atoms with E-state index >= 15 is 0 Å². The van der Waals surface area contributed by atoms with Gasteiger partial charge >= 0.3 is 0 Å². The molecule has 1 atom stereocenters. The Morgan fingerprint density at radius 3 is 2.67 bits per heavy atom. The fourth-order valence-corrected chi connectivity index (χ4v) is 2.35. The average molecular weight is 279 g/mol. The van der Waals surface area contributed by atoms with Crippen LogP contribution in [0.1, 0.15) is 22.7 Å². The molecule has 1 unspecified atom stereocenters. The Balaban J connectivity index is 1.96. The van der Waals surface area contributed by atoms with Crippen LogP contribution in [-0.2, 0) is 0 Å². The van der Waals surface area contributed by atoms with Crippen molar-refractivity contribution in [3.8, 4) is 5.69 Å². The van der Waals surface area contributed by atoms with Gasteiger partial charge in [-0.1, -0.05) is 18.2 Å². The first kappa shape index (κ1) is 13.5. The zero-order chi connectivity index (χ0) is 14.7. The van der Waals surface area contributed by atoms with Gasteiger partial charge in [-0.2, -0.15) is 5.10 Å². The molecule has 0 aliphatic carbocycles. The van der Waals surface area contributed by atoms with Crippen LogP contribution >= 0.6 is 0 Å². The summed E-state index contributed by atoms with van der Waals surface area (Å²) in [5, 5.41) is 4.41. The first-order valence-electron chi connectivity index (χ1n) is 6.76. The highest BCUT2D eigenvalue weighted by Gasteiger charge is 2.16. The minimum absolute atomic E-state index is 0.129. The number of aromatic nitrogens is 3. The lowest BCUT2D eigenvalue weighted by Gasteiger charge is -2.16. The fraction of sp³-hybridized carbons (Fsp3) is 0.125. The molecule has 3 aromatic rings. The third-order valence-corrected chi connectivity index (χ3v) is 3.51. The summed E-state index contributed by atoms with van der Waals surface area (Å²) in [4.78, 5) is 4.18. The van der Waals surface area contributed by atoms with Crippen molar-refractivity contribution in [3.05, 3.63) is 77.9 Å². The maximum atomic E-state index is 5.74. The summed E-state index contributed by atoms with van der Waals surface area (Å²) < 4.78 is 1.84. The Hall–Kier alpha value is -2.50. The number of nitrogens with two attached hydrogens (primary N) is 1. The topological polar surface area (TPSA) is 68.8 Å². The molecule has 106 valence electrons. The van der Waals surface area contributed by atoms with E-state index in [0.29, 0.717) is 0 Å². The summed E-state index contributed by atoms with van der Waals surface area (Å²) in [6.07, 6.45) is 7.41. The van der Waals surface area contributed by atoms with E-state index in [9.17, 15) is 0 Å². The van der Waals surface area contributed by atoms with Gasteiger partial charge in [0.15, 0.2) is 0 Å². The molecular formula is C16H17N5. The molecule has 1 aromatic carbocycles. The predicted molar refractivity (Wildman–Crippen MR) is 81.7 cm³/mol. The SMILES string of the molecule is Cc1ccncc1C(NN)c1cnn(-c2ccccc2)c1. The Kier molecular flexibility index (Phi) is 3.77. The van der Waals surface area contributed by atoms with E-state index in [1.807, 2.05) is 66.6 Å². The molecule has 2 heterocycles. The zero-order valence-electron chi connectivity index (χ0n) is 11.8. The number of hydrazine groups is 1. The number of rotatable bonds is 4. The van der Waals surface area contributed by atoms with Gasteiger partial charge in [0, 0.05) is 24.2 Å². The van der Waals surface area contributed by atoms with Crippen LogP contribution in [0.3, 0.4) is 0 Å². The summed E-state index contributed by atoms with van der Waals surface area (Å²) in [5.41, 5.74) is 7.05. The van der Waals surface area contributed by atoms with Crippen molar-refractivity contribution in [2.24, 2.45) is 5.84 Å². The summed E-state index contributed by atoms with van der Waals surface area (Å²) >= 11 is 0. The molecule has 0 saturated carbocycles. The highest BCUT2D eigenvalue weighted by atomic mass is 15.3. The summed E-state index contributed by atoms with van der Waals surface area (Å²) in [6.45, 7) is 2.04. The largest absolute Gasteiger partial charge is 0.271 e. The molecule has 21 heavy (non-hydrogen) atoms. The molecule has 0 aliphatic rings. The van der Waals surface area contributed by atoms with Gasteiger partial charge in [0.1, 0.15) is 0 Å². The Morgan fingerprint density at radius 1 is 1.14 bits per heavy atom. The van der Waals surface area contributed by atoms with Crippen LogP contribution in [0.25, 0.3) is 5.69 Å². The van der Waals surface area contributed by atoms with Gasteiger partial charge < -0.3 is 0 Å². The first-order valence-corrected chi connectivity index (χ1v) is 6.76. The number of aryl methyl sites for hydroxylation is 1. The second kappa shape index (κ2) is 5.87. The predicted octanol–water partition coefficient (Wildman–Crippen LogP) is 2.13. The second-order valence-corrected chi connectivity index (χ2v) is 4.89. The molecule has 0 bridgehead atoms. The van der Waals surface area contributed by atoms with Crippen LogP contribution in [0.5, 0.6) is 0 Å². The maximum Gasteiger partial charge on any atom is 0.0758 e. The number of nitrogens with one attached hydrogen (secondary N) is 1. The van der Waals surface area contributed by atoms with Gasteiger partial charge in [-0.15, -0.1) is 0 Å². The molecule has 2 aromatic heterocycles. The van der Waals surface area contributed by atoms with Gasteiger partial charge in [-0.05, 0) is 36.2 Å². The number of hydrogen-bond acceptors (Lipinski definition) is 4. The summed E-state index contributed by atoms with van der Waals surface area (Å²) in [7, 11) is 0. The minimum Gasteiger partial charge on any atom is -0.271 e. The summed E-state index contributed by atoms with van der Waals surface area (Å²) in [6, 6.07) is 11.8. The third-order valence-electron chi connectivity index (χ3n) is 3.51. The van der Waals surface area contributed by atoms with Crippen LogP contribution in [0.15, 0.2) is 61.2 Å². The highest BCUT2D eigenvalue weighted by molar-refractivity contribution is 5.36. The molecule has 0 spiro atoms. The van der Waals surface area contributed by atoms with Crippen molar-refractivity contribution in [1.29, 1.82) is 0 Å². The van der Waals surface area contributed by atoms with Crippen LogP contribution in [0.2, 0.25) is 0 Å². The number of nitrogens with zero attached hydrogens (tertiary/aromatic N) is 3. The second-order valence-electron chi connectivity index (χ2n) is 4.89. The lowest BCUT2D eigenvalue weighted by atomic mass is 10.00. The van der Waals surface area contributed by atoms with Crippen molar-refractivity contribution in [2.75, 3.05) is 0 Å². The maximum absolute atomic E-state index is 5.74. The van der Waals surface area contributed by atoms with Crippen LogP contribution in [-0.4, -0.2) is 14.8 Å². The molecule has 0 fully saturated rings. The van der Waals surface area contributed by atoms with Crippen molar-refractivity contribution in [2.45, 2.75) is 13.0 Å². The molecule has 5 nitrogen and oxygen atoms in total. The molecule has 0 amide bonds. The Labute approximate surface area is 123 Å². The molecule has 0 aliphatic heterocycles. The quantitative estimate of drug-likeness (QED) is 0.567. The van der Waals surface area contributed by atoms with Gasteiger partial charge in [0.2, 0.25) is 0 Å². The van der Waals surface area contributed by atoms with Gasteiger partial charge in [-0.25, -0.2) is 10.1 Å². The van der Waals surface area contributed by atoms with Gasteiger partial charge in [0.25, 0.3) is 0 Å². The zero-order valence-corrected chi connectivity index (χ0v) is 11.8. The molecule has 5 heteroatoms. The molecular weight excluding hydrogens is 262 g/mol. The minimum atomic E-state index is -0.129. The third kappa shape index (κ3) is 2.69. The van der Waals surface area contributed by atoms with E-state index in [4.69, 9.17) is 5.84 Å². The average Bonchev–Trinajstić information content (AvgIpc) is 3.00. The van der Waals surface area contributed by atoms with Gasteiger partial charge in [0.05, 0.1) is 17.9 Å². The lowest BCUT2D eigenvalue weighted by Crippen LogP contribution is -2.29. The van der Waals surface area contributed by atoms with Crippen molar-refractivity contribution < 1.29 is 0 Å². The van der Waals surface area contributed by atoms with Crippen molar-refractivity contribution in [1.82, 2.24) is 20.2 Å². The van der Waals surface area contributed by atoms with E-state index in [1.54, 1.807) is 6.20 Å². The van der Waals surface area contributed by atoms with Crippen LogP contribution < -0.4 is 11.3 Å². The van der Waals surface area contributed by atoms with E-state index in [1.165, 1.54) is 0 Å². The first-order chi connectivity index (χ1) is 10.3. The standard InChI is InChI=1S/C16H17N5/c1-12-7-8-18-10-15(12)16(20-17)13-9-19-21(11-13)14-5-3-2-4-6-14/h2-11,16,20H,17H2,1H3. The molecule has 0 saturated heterocycles. The van der Waals surface area contributed by atoms with Crippen molar-refractivity contribution in [3.63, 3.8) is 0 Å². The fourth-order valence-electron chi connectivity index (χ4n) is 2.35. The van der Waals surface area contributed by atoms with E-state index < -0.39 is 0 Å². The number of hydrogen-bond donors (Lipinski definition) is 2. The molecule has 3 N–H and O–H groups in total. The number of para-hydroxylation sites is 1. The smallest absolute Gasteiger partial charge is 0.0758 e. The monoisotopic (exact) mass is 279 g/mol. The normalized spacial score (nSPS) is 12.3. The number of pyridine rings is 1. The summed E-state index contributed by atoms with van der Waals surface area (Å²) in [5.74, 6) is 5.74. The van der Waals surface area contributed by atoms with Crippen molar-refractivity contribution >= 4 is 0 Å². The molecule has 3 rings (SSSR count). The highest BCUT2D eigenvalue weighted by Crippen LogP contribution is 2.23. The Bertz CT molecular complexity index is 720. The van der Waals surface area contributed by atoms with E-state index in [2.05, 4.69) is 15.5 Å². The van der Waals surface area contributed by atoms with Crippen LogP contribution in [0.4, 0.5) is 0 Å². The molecule has 0 radical (unpaired) electrons. The van der Waals surface area contributed by atoms with Gasteiger partial charge in [-0.3, -0.25) is 10.8 Å². The Morgan fingerprint density at radius 2 is 1.95 bits per heavy atom. The van der Waals surface area contributed by atoms with E-state index in [-0.39, 0.29) is 6.04 Å².